The molecule has 23 heavy (non-hydrogen) atoms. The maximum atomic E-state index is 5.03. The Kier molecular flexibility index (Phi) is 3.31. The highest BCUT2D eigenvalue weighted by molar-refractivity contribution is 7.17. The highest BCUT2D eigenvalue weighted by Gasteiger charge is 2.49. The van der Waals surface area contributed by atoms with Gasteiger partial charge in [0, 0.05) is 16.2 Å². The molecule has 2 heterocycles. The molecule has 4 saturated carbocycles. The number of nitrogens with zero attached hydrogens (tertiary/aromatic N) is 2. The Morgan fingerprint density at radius 3 is 2.26 bits per heavy atom. The minimum Gasteiger partial charge on any atom is -0.307 e. The van der Waals surface area contributed by atoms with E-state index in [-0.39, 0.29) is 0 Å². The molecule has 4 fully saturated rings. The molecule has 0 radical (unpaired) electrons. The quantitative estimate of drug-likeness (QED) is 0.798. The van der Waals surface area contributed by atoms with Crippen molar-refractivity contribution in [3.05, 3.63) is 21.6 Å². The molecule has 0 atom stereocenters. The van der Waals surface area contributed by atoms with E-state index in [2.05, 4.69) is 22.6 Å². The summed E-state index contributed by atoms with van der Waals surface area (Å²) >= 11 is 3.47. The number of aryl methyl sites for hydroxylation is 2. The summed E-state index contributed by atoms with van der Waals surface area (Å²) in [5.41, 5.74) is 2.48. The third-order valence-electron chi connectivity index (χ3n) is 6.21. The third kappa shape index (κ3) is 2.43. The SMILES string of the molecule is Cc1csc(Nc2nc(C3C4CC5CC(C4)CC3C5)c(C)s2)n1. The van der Waals surface area contributed by atoms with Crippen LogP contribution in [0.25, 0.3) is 0 Å². The molecule has 0 aliphatic heterocycles. The molecule has 0 saturated heterocycles. The fraction of sp³-hybridized carbons (Fsp3) is 0.667. The molecular formula is C18H23N3S2. The van der Waals surface area contributed by atoms with Gasteiger partial charge in [-0.05, 0) is 69.6 Å². The van der Waals surface area contributed by atoms with Gasteiger partial charge in [0.15, 0.2) is 10.3 Å². The Morgan fingerprint density at radius 2 is 1.65 bits per heavy atom. The number of rotatable bonds is 3. The molecular weight excluding hydrogens is 322 g/mol. The minimum atomic E-state index is 0.729. The van der Waals surface area contributed by atoms with Gasteiger partial charge >= 0.3 is 0 Å². The monoisotopic (exact) mass is 345 g/mol. The molecule has 2 aromatic heterocycles. The first-order chi connectivity index (χ1) is 11.2. The average molecular weight is 346 g/mol. The zero-order chi connectivity index (χ0) is 15.6. The van der Waals surface area contributed by atoms with Gasteiger partial charge in [0.05, 0.1) is 11.4 Å². The van der Waals surface area contributed by atoms with Crippen molar-refractivity contribution in [3.63, 3.8) is 0 Å². The van der Waals surface area contributed by atoms with E-state index in [1.807, 2.05) is 18.3 Å². The second kappa shape index (κ2) is 5.28. The van der Waals surface area contributed by atoms with Crippen LogP contribution in [0.5, 0.6) is 0 Å². The van der Waals surface area contributed by atoms with E-state index in [0.29, 0.717) is 0 Å². The van der Waals surface area contributed by atoms with Crippen LogP contribution >= 0.6 is 22.7 Å². The number of anilines is 2. The molecule has 0 aromatic carbocycles. The van der Waals surface area contributed by atoms with E-state index in [4.69, 9.17) is 4.98 Å². The smallest absolute Gasteiger partial charge is 0.189 e. The van der Waals surface area contributed by atoms with Crippen LogP contribution in [0.1, 0.15) is 54.3 Å². The van der Waals surface area contributed by atoms with Crippen LogP contribution in [-0.4, -0.2) is 9.97 Å². The molecule has 4 aliphatic rings. The Labute approximate surface area is 145 Å². The second-order valence-corrected chi connectivity index (χ2v) is 9.90. The Hall–Kier alpha value is -0.940. The van der Waals surface area contributed by atoms with E-state index < -0.39 is 0 Å². The summed E-state index contributed by atoms with van der Waals surface area (Å²) in [4.78, 5) is 11.0. The normalized spacial score (nSPS) is 35.0. The van der Waals surface area contributed by atoms with E-state index in [1.165, 1.54) is 42.7 Å². The van der Waals surface area contributed by atoms with Crippen LogP contribution in [0.3, 0.4) is 0 Å². The van der Waals surface area contributed by atoms with Crippen LogP contribution in [-0.2, 0) is 0 Å². The summed E-state index contributed by atoms with van der Waals surface area (Å²) in [6.07, 6.45) is 7.37. The van der Waals surface area contributed by atoms with Crippen molar-refractivity contribution < 1.29 is 0 Å². The highest BCUT2D eigenvalue weighted by atomic mass is 32.1. The highest BCUT2D eigenvalue weighted by Crippen LogP contribution is 2.60. The number of nitrogens with one attached hydrogen (secondary N) is 1. The first-order valence-corrected chi connectivity index (χ1v) is 10.5. The summed E-state index contributed by atoms with van der Waals surface area (Å²) in [5.74, 6) is 4.60. The minimum absolute atomic E-state index is 0.729. The number of hydrogen-bond acceptors (Lipinski definition) is 5. The summed E-state index contributed by atoms with van der Waals surface area (Å²) in [5, 5.41) is 7.50. The first kappa shape index (κ1) is 14.4. The lowest BCUT2D eigenvalue weighted by Gasteiger charge is -2.54. The van der Waals surface area contributed by atoms with Gasteiger partial charge < -0.3 is 5.32 Å². The van der Waals surface area contributed by atoms with Crippen LogP contribution in [0, 0.1) is 37.5 Å². The topological polar surface area (TPSA) is 37.8 Å². The van der Waals surface area contributed by atoms with Crippen LogP contribution in [0.4, 0.5) is 10.3 Å². The predicted octanol–water partition coefficient (Wildman–Crippen LogP) is 5.50. The van der Waals surface area contributed by atoms with Crippen molar-refractivity contribution in [3.8, 4) is 0 Å². The van der Waals surface area contributed by atoms with Crippen molar-refractivity contribution >= 4 is 32.9 Å². The number of aromatic nitrogens is 2. The van der Waals surface area contributed by atoms with Gasteiger partial charge in [-0.25, -0.2) is 9.97 Å². The molecule has 3 nitrogen and oxygen atoms in total. The molecule has 0 amide bonds. The van der Waals surface area contributed by atoms with Gasteiger partial charge in [-0.1, -0.05) is 0 Å². The van der Waals surface area contributed by atoms with Crippen molar-refractivity contribution in [2.45, 2.75) is 51.9 Å². The van der Waals surface area contributed by atoms with Crippen molar-refractivity contribution in [2.24, 2.45) is 23.7 Å². The van der Waals surface area contributed by atoms with Gasteiger partial charge in [0.25, 0.3) is 0 Å². The zero-order valence-electron chi connectivity index (χ0n) is 13.7. The Bertz CT molecular complexity index is 704. The molecule has 1 N–H and O–H groups in total. The maximum absolute atomic E-state index is 5.03. The maximum Gasteiger partial charge on any atom is 0.189 e. The lowest BCUT2D eigenvalue weighted by Crippen LogP contribution is -2.44. The predicted molar refractivity (Wildman–Crippen MR) is 96.8 cm³/mol. The summed E-state index contributed by atoms with van der Waals surface area (Å²) < 4.78 is 0. The van der Waals surface area contributed by atoms with Crippen LogP contribution in [0.2, 0.25) is 0 Å². The molecule has 4 bridgehead atoms. The molecule has 4 aliphatic carbocycles. The fourth-order valence-electron chi connectivity index (χ4n) is 5.65. The van der Waals surface area contributed by atoms with E-state index in [0.717, 1.165) is 45.5 Å². The van der Waals surface area contributed by atoms with Crippen molar-refractivity contribution in [1.29, 1.82) is 0 Å². The lowest BCUT2D eigenvalue weighted by atomic mass is 9.51. The van der Waals surface area contributed by atoms with E-state index in [9.17, 15) is 0 Å². The molecule has 2 aromatic rings. The fourth-order valence-corrected chi connectivity index (χ4v) is 7.27. The Morgan fingerprint density at radius 1 is 0.957 bits per heavy atom. The van der Waals surface area contributed by atoms with E-state index in [1.54, 1.807) is 11.3 Å². The molecule has 5 heteroatoms. The van der Waals surface area contributed by atoms with Crippen LogP contribution < -0.4 is 5.32 Å². The largest absolute Gasteiger partial charge is 0.307 e. The van der Waals surface area contributed by atoms with Gasteiger partial charge in [-0.15, -0.1) is 22.7 Å². The average Bonchev–Trinajstić information content (AvgIpc) is 3.05. The first-order valence-electron chi connectivity index (χ1n) is 8.82. The summed E-state index contributed by atoms with van der Waals surface area (Å²) in [7, 11) is 0. The number of thiazole rings is 2. The number of hydrogen-bond donors (Lipinski definition) is 1. The summed E-state index contributed by atoms with van der Waals surface area (Å²) in [6.45, 7) is 4.30. The van der Waals surface area contributed by atoms with Gasteiger partial charge in [0.1, 0.15) is 0 Å². The van der Waals surface area contributed by atoms with Gasteiger partial charge in [-0.3, -0.25) is 0 Å². The zero-order valence-corrected chi connectivity index (χ0v) is 15.3. The van der Waals surface area contributed by atoms with E-state index >= 15 is 0 Å². The second-order valence-electron chi connectivity index (χ2n) is 7.84. The van der Waals surface area contributed by atoms with Gasteiger partial charge in [0.2, 0.25) is 0 Å². The molecule has 0 spiro atoms. The van der Waals surface area contributed by atoms with Crippen molar-refractivity contribution in [1.82, 2.24) is 9.97 Å². The molecule has 6 rings (SSSR count). The molecule has 0 unspecified atom stereocenters. The third-order valence-corrected chi connectivity index (χ3v) is 7.99. The standard InChI is InChI=1S/C18H23N3S2/c1-9-8-22-17(19-9)21-18-20-16(10(2)23-18)15-13-4-11-3-12(6-13)7-14(15)5-11/h8,11-15H,3-7H2,1-2H3,(H,19,20,21). The Balaban J connectivity index is 1.42. The lowest BCUT2D eigenvalue weighted by molar-refractivity contribution is -0.00412. The van der Waals surface area contributed by atoms with Gasteiger partial charge in [-0.2, -0.15) is 0 Å². The van der Waals surface area contributed by atoms with Crippen molar-refractivity contribution in [2.75, 3.05) is 5.32 Å². The molecule has 122 valence electrons. The summed E-state index contributed by atoms with van der Waals surface area (Å²) in [6, 6.07) is 0. The van der Waals surface area contributed by atoms with Crippen LogP contribution in [0.15, 0.2) is 5.38 Å².